The van der Waals surface area contributed by atoms with E-state index in [0.29, 0.717) is 19.6 Å². The van der Waals surface area contributed by atoms with Crippen LogP contribution >= 0.6 is 0 Å². The minimum Gasteiger partial charge on any atom is -0.493 e. The molecule has 0 spiro atoms. The second kappa shape index (κ2) is 6.58. The Morgan fingerprint density at radius 2 is 2.26 bits per heavy atom. The molecule has 1 amide bonds. The first-order valence-corrected chi connectivity index (χ1v) is 6.18. The molecule has 1 aromatic heterocycles. The predicted molar refractivity (Wildman–Crippen MR) is 71.7 cm³/mol. The highest BCUT2D eigenvalue weighted by atomic mass is 16.5. The predicted octanol–water partition coefficient (Wildman–Crippen LogP) is 1.80. The maximum atomic E-state index is 11.6. The lowest BCUT2D eigenvalue weighted by Crippen LogP contribution is -2.24. The van der Waals surface area contributed by atoms with Gasteiger partial charge >= 0.3 is 0 Å². The first-order valence-electron chi connectivity index (χ1n) is 6.18. The number of nitrogens with zero attached hydrogens (tertiary/aromatic N) is 1. The largest absolute Gasteiger partial charge is 0.493 e. The lowest BCUT2D eigenvalue weighted by Gasteiger charge is -2.08. The minimum atomic E-state index is -0.0326. The summed E-state index contributed by atoms with van der Waals surface area (Å²) in [6.07, 6.45) is 3.78. The normalized spacial score (nSPS) is 10.2. The standard InChI is InChI=1S/C14H17N3O2/c1-11-4-2-3-5-13(11)19-7-6-14(18)15-8-12-9-16-17-10-12/h2-5,9-10H,6-8H2,1H3,(H,15,18)(H,16,17). The van der Waals surface area contributed by atoms with Gasteiger partial charge in [-0.3, -0.25) is 9.89 Å². The Kier molecular flexibility index (Phi) is 4.55. The Bertz CT molecular complexity index is 523. The van der Waals surface area contributed by atoms with E-state index in [4.69, 9.17) is 4.74 Å². The highest BCUT2D eigenvalue weighted by molar-refractivity contribution is 5.75. The van der Waals surface area contributed by atoms with Crippen molar-refractivity contribution in [2.75, 3.05) is 6.61 Å². The molecule has 19 heavy (non-hydrogen) atoms. The van der Waals surface area contributed by atoms with Crippen molar-refractivity contribution in [1.82, 2.24) is 15.5 Å². The third-order valence-electron chi connectivity index (χ3n) is 2.72. The zero-order valence-electron chi connectivity index (χ0n) is 10.8. The van der Waals surface area contributed by atoms with E-state index >= 15 is 0 Å². The van der Waals surface area contributed by atoms with Crippen molar-refractivity contribution in [2.24, 2.45) is 0 Å². The molecule has 0 saturated heterocycles. The zero-order valence-corrected chi connectivity index (χ0v) is 10.8. The summed E-state index contributed by atoms with van der Waals surface area (Å²) in [4.78, 5) is 11.6. The number of amides is 1. The van der Waals surface area contributed by atoms with Gasteiger partial charge in [-0.15, -0.1) is 0 Å². The van der Waals surface area contributed by atoms with E-state index in [2.05, 4.69) is 15.5 Å². The van der Waals surface area contributed by atoms with Crippen LogP contribution in [-0.2, 0) is 11.3 Å². The molecule has 0 saturated carbocycles. The number of carbonyl (C=O) groups excluding carboxylic acids is 1. The molecule has 0 radical (unpaired) electrons. The van der Waals surface area contributed by atoms with Crippen molar-refractivity contribution < 1.29 is 9.53 Å². The average Bonchev–Trinajstić information content (AvgIpc) is 2.92. The number of ether oxygens (including phenoxy) is 1. The topological polar surface area (TPSA) is 67.0 Å². The molecule has 2 N–H and O–H groups in total. The molecule has 5 heteroatoms. The molecule has 1 aromatic carbocycles. The SMILES string of the molecule is Cc1ccccc1OCCC(=O)NCc1cn[nH]c1. The number of carbonyl (C=O) groups is 1. The summed E-state index contributed by atoms with van der Waals surface area (Å²) in [6.45, 7) is 2.84. The summed E-state index contributed by atoms with van der Waals surface area (Å²) >= 11 is 0. The molecule has 5 nitrogen and oxygen atoms in total. The van der Waals surface area contributed by atoms with Gasteiger partial charge in [0.25, 0.3) is 0 Å². The Morgan fingerprint density at radius 3 is 3.00 bits per heavy atom. The maximum absolute atomic E-state index is 11.6. The number of H-pyrrole nitrogens is 1. The van der Waals surface area contributed by atoms with E-state index in [1.807, 2.05) is 31.2 Å². The van der Waals surface area contributed by atoms with Crippen molar-refractivity contribution >= 4 is 5.91 Å². The van der Waals surface area contributed by atoms with Gasteiger partial charge in [-0.2, -0.15) is 5.10 Å². The van der Waals surface area contributed by atoms with Crippen LogP contribution in [0.15, 0.2) is 36.7 Å². The quantitative estimate of drug-likeness (QED) is 0.831. The molecule has 2 aromatic rings. The Balaban J connectivity index is 1.68. The average molecular weight is 259 g/mol. The van der Waals surface area contributed by atoms with Crippen molar-refractivity contribution in [3.63, 3.8) is 0 Å². The van der Waals surface area contributed by atoms with Crippen LogP contribution in [0.2, 0.25) is 0 Å². The highest BCUT2D eigenvalue weighted by Gasteiger charge is 2.03. The minimum absolute atomic E-state index is 0.0326. The molecule has 0 aliphatic carbocycles. The molecule has 100 valence electrons. The lowest BCUT2D eigenvalue weighted by atomic mass is 10.2. The van der Waals surface area contributed by atoms with Gasteiger partial charge in [0.1, 0.15) is 5.75 Å². The smallest absolute Gasteiger partial charge is 0.223 e. The van der Waals surface area contributed by atoms with Gasteiger partial charge in [-0.1, -0.05) is 18.2 Å². The van der Waals surface area contributed by atoms with E-state index in [0.717, 1.165) is 16.9 Å². The molecule has 0 bridgehead atoms. The second-order valence-corrected chi connectivity index (χ2v) is 4.25. The second-order valence-electron chi connectivity index (χ2n) is 4.25. The number of benzene rings is 1. The van der Waals surface area contributed by atoms with E-state index in [1.165, 1.54) is 0 Å². The van der Waals surface area contributed by atoms with Gasteiger partial charge in [-0.25, -0.2) is 0 Å². The van der Waals surface area contributed by atoms with Crippen LogP contribution in [-0.4, -0.2) is 22.7 Å². The fourth-order valence-electron chi connectivity index (χ4n) is 1.64. The number of aryl methyl sites for hydroxylation is 1. The fourth-order valence-corrected chi connectivity index (χ4v) is 1.64. The summed E-state index contributed by atoms with van der Waals surface area (Å²) in [7, 11) is 0. The van der Waals surface area contributed by atoms with Crippen molar-refractivity contribution in [3.8, 4) is 5.75 Å². The lowest BCUT2D eigenvalue weighted by molar-refractivity contribution is -0.121. The first-order chi connectivity index (χ1) is 9.25. The molecule has 0 atom stereocenters. The Morgan fingerprint density at radius 1 is 1.42 bits per heavy atom. The van der Waals surface area contributed by atoms with E-state index in [-0.39, 0.29) is 5.91 Å². The van der Waals surface area contributed by atoms with Crippen LogP contribution in [0.3, 0.4) is 0 Å². The van der Waals surface area contributed by atoms with E-state index in [1.54, 1.807) is 12.4 Å². The van der Waals surface area contributed by atoms with E-state index < -0.39 is 0 Å². The monoisotopic (exact) mass is 259 g/mol. The number of rotatable bonds is 6. The number of para-hydroxylation sites is 1. The number of aromatic nitrogens is 2. The van der Waals surface area contributed by atoms with Gasteiger partial charge in [0, 0.05) is 18.3 Å². The highest BCUT2D eigenvalue weighted by Crippen LogP contribution is 2.16. The summed E-state index contributed by atoms with van der Waals surface area (Å²) in [6, 6.07) is 7.76. The van der Waals surface area contributed by atoms with Gasteiger partial charge < -0.3 is 10.1 Å². The summed E-state index contributed by atoms with van der Waals surface area (Å²) in [5.74, 6) is 0.792. The molecule has 1 heterocycles. The first kappa shape index (κ1) is 13.1. The summed E-state index contributed by atoms with van der Waals surface area (Å²) < 4.78 is 5.57. The van der Waals surface area contributed by atoms with Crippen LogP contribution in [0.4, 0.5) is 0 Å². The van der Waals surface area contributed by atoms with E-state index in [9.17, 15) is 4.79 Å². The van der Waals surface area contributed by atoms with Gasteiger partial charge in [0.05, 0.1) is 19.2 Å². The van der Waals surface area contributed by atoms with Gasteiger partial charge in [0.15, 0.2) is 0 Å². The zero-order chi connectivity index (χ0) is 13.5. The summed E-state index contributed by atoms with van der Waals surface area (Å²) in [5, 5.41) is 9.32. The third-order valence-corrected chi connectivity index (χ3v) is 2.72. The number of nitrogens with one attached hydrogen (secondary N) is 2. The molecule has 2 rings (SSSR count). The number of aromatic amines is 1. The number of hydrogen-bond acceptors (Lipinski definition) is 3. The molecular formula is C14H17N3O2. The maximum Gasteiger partial charge on any atom is 0.223 e. The van der Waals surface area contributed by atoms with Crippen LogP contribution in [0.1, 0.15) is 17.5 Å². The van der Waals surface area contributed by atoms with Gasteiger partial charge in [-0.05, 0) is 18.6 Å². The molecule has 0 unspecified atom stereocenters. The Hall–Kier alpha value is -2.30. The summed E-state index contributed by atoms with van der Waals surface area (Å²) in [5.41, 5.74) is 2.02. The molecule has 0 aliphatic heterocycles. The fraction of sp³-hybridized carbons (Fsp3) is 0.286. The molecule has 0 aliphatic rings. The Labute approximate surface area is 112 Å². The van der Waals surface area contributed by atoms with Crippen LogP contribution in [0.5, 0.6) is 5.75 Å². The van der Waals surface area contributed by atoms with Crippen molar-refractivity contribution in [3.05, 3.63) is 47.8 Å². The molecule has 0 fully saturated rings. The van der Waals surface area contributed by atoms with Crippen molar-refractivity contribution in [1.29, 1.82) is 0 Å². The van der Waals surface area contributed by atoms with Gasteiger partial charge in [0.2, 0.25) is 5.91 Å². The van der Waals surface area contributed by atoms with Crippen LogP contribution < -0.4 is 10.1 Å². The van der Waals surface area contributed by atoms with Crippen LogP contribution in [0.25, 0.3) is 0 Å². The molecular weight excluding hydrogens is 242 g/mol. The number of hydrogen-bond donors (Lipinski definition) is 2. The van der Waals surface area contributed by atoms with Crippen LogP contribution in [0, 0.1) is 6.92 Å². The third kappa shape index (κ3) is 4.13. The van der Waals surface area contributed by atoms with Crippen molar-refractivity contribution in [2.45, 2.75) is 19.9 Å².